The molecule has 0 saturated carbocycles. The van der Waals surface area contributed by atoms with Crippen LogP contribution in [0.3, 0.4) is 0 Å². The molecule has 0 fully saturated rings. The van der Waals surface area contributed by atoms with Crippen molar-refractivity contribution in [3.8, 4) is 0 Å². The largest absolute Gasteiger partial charge is 0.389 e. The minimum Gasteiger partial charge on any atom is -0.389 e. The molecule has 1 aromatic rings. The van der Waals surface area contributed by atoms with Gasteiger partial charge in [-0.25, -0.2) is 8.78 Å². The number of halogens is 2. The molecule has 0 aliphatic carbocycles. The molecule has 19 heavy (non-hydrogen) atoms. The minimum atomic E-state index is -0.978. The summed E-state index contributed by atoms with van der Waals surface area (Å²) in [6.45, 7) is 6.17. The number of thiocarbonyl (C=S) groups is 1. The third-order valence-corrected chi connectivity index (χ3v) is 3.40. The van der Waals surface area contributed by atoms with Gasteiger partial charge in [0, 0.05) is 18.7 Å². The van der Waals surface area contributed by atoms with Gasteiger partial charge in [0.05, 0.1) is 5.69 Å². The Balaban J connectivity index is 3.08. The highest BCUT2D eigenvalue weighted by atomic mass is 32.1. The van der Waals surface area contributed by atoms with Gasteiger partial charge >= 0.3 is 0 Å². The van der Waals surface area contributed by atoms with E-state index in [4.69, 9.17) is 5.73 Å². The van der Waals surface area contributed by atoms with Gasteiger partial charge in [0.1, 0.15) is 4.99 Å². The molecule has 1 aromatic carbocycles. The second-order valence-corrected chi connectivity index (χ2v) is 5.65. The van der Waals surface area contributed by atoms with Crippen molar-refractivity contribution in [1.29, 1.82) is 0 Å². The first kappa shape index (κ1) is 15.8. The maximum absolute atomic E-state index is 14.0. The Hall–Kier alpha value is -1.23. The van der Waals surface area contributed by atoms with Gasteiger partial charge < -0.3 is 10.6 Å². The van der Waals surface area contributed by atoms with Crippen molar-refractivity contribution >= 4 is 22.9 Å². The summed E-state index contributed by atoms with van der Waals surface area (Å²) in [6.07, 6.45) is 0.897. The summed E-state index contributed by atoms with van der Waals surface area (Å²) in [5.74, 6) is -1.39. The molecule has 1 rings (SSSR count). The van der Waals surface area contributed by atoms with Gasteiger partial charge in [0.25, 0.3) is 0 Å². The van der Waals surface area contributed by atoms with Crippen molar-refractivity contribution in [1.82, 2.24) is 0 Å². The molecule has 1 atom stereocenters. The van der Waals surface area contributed by atoms with E-state index >= 15 is 0 Å². The van der Waals surface area contributed by atoms with Crippen LogP contribution in [0.2, 0.25) is 0 Å². The molecule has 0 aliphatic rings. The Morgan fingerprint density at radius 3 is 2.32 bits per heavy atom. The molecule has 0 spiro atoms. The van der Waals surface area contributed by atoms with Gasteiger partial charge in [-0.15, -0.1) is 0 Å². The zero-order chi connectivity index (χ0) is 14.7. The monoisotopic (exact) mass is 286 g/mol. The van der Waals surface area contributed by atoms with E-state index in [9.17, 15) is 8.78 Å². The normalized spacial score (nSPS) is 12.6. The highest BCUT2D eigenvalue weighted by Gasteiger charge is 2.20. The highest BCUT2D eigenvalue weighted by molar-refractivity contribution is 7.80. The lowest BCUT2D eigenvalue weighted by Crippen LogP contribution is -2.31. The molecule has 0 aliphatic heterocycles. The quantitative estimate of drug-likeness (QED) is 0.840. The standard InChI is InChI=1S/C14H20F2N2S/c1-8(2)7-9(3)18(4)11-6-5-10(14(17)19)12(15)13(11)16/h5-6,8-9H,7H2,1-4H3,(H2,17,19). The summed E-state index contributed by atoms with van der Waals surface area (Å²) < 4.78 is 27.9. The summed E-state index contributed by atoms with van der Waals surface area (Å²) >= 11 is 4.68. The summed E-state index contributed by atoms with van der Waals surface area (Å²) in [5.41, 5.74) is 5.52. The molecular weight excluding hydrogens is 266 g/mol. The van der Waals surface area contributed by atoms with Crippen LogP contribution in [-0.4, -0.2) is 18.1 Å². The smallest absolute Gasteiger partial charge is 0.182 e. The summed E-state index contributed by atoms with van der Waals surface area (Å²) in [5, 5.41) is 0. The predicted octanol–water partition coefficient (Wildman–Crippen LogP) is 3.47. The second kappa shape index (κ2) is 6.28. The number of hydrogen-bond acceptors (Lipinski definition) is 2. The van der Waals surface area contributed by atoms with Crippen LogP contribution < -0.4 is 10.6 Å². The van der Waals surface area contributed by atoms with Crippen LogP contribution >= 0.6 is 12.2 Å². The Kier molecular flexibility index (Phi) is 5.23. The maximum atomic E-state index is 14.0. The van der Waals surface area contributed by atoms with E-state index in [1.54, 1.807) is 11.9 Å². The number of anilines is 1. The Morgan fingerprint density at radius 1 is 1.26 bits per heavy atom. The highest BCUT2D eigenvalue weighted by Crippen LogP contribution is 2.26. The number of nitrogens with two attached hydrogens (primary N) is 1. The lowest BCUT2D eigenvalue weighted by atomic mass is 10.0. The fraction of sp³-hybridized carbons (Fsp3) is 0.500. The predicted molar refractivity (Wildman–Crippen MR) is 79.6 cm³/mol. The molecule has 2 nitrogen and oxygen atoms in total. The van der Waals surface area contributed by atoms with E-state index in [0.29, 0.717) is 5.92 Å². The lowest BCUT2D eigenvalue weighted by molar-refractivity contribution is 0.481. The first-order valence-electron chi connectivity index (χ1n) is 6.26. The van der Waals surface area contributed by atoms with E-state index in [-0.39, 0.29) is 22.3 Å². The third-order valence-electron chi connectivity index (χ3n) is 3.18. The molecule has 1 unspecified atom stereocenters. The molecule has 2 N–H and O–H groups in total. The number of nitrogens with zero attached hydrogens (tertiary/aromatic N) is 1. The summed E-state index contributed by atoms with van der Waals surface area (Å²) in [6, 6.07) is 3.06. The number of rotatable bonds is 5. The van der Waals surface area contributed by atoms with Crippen molar-refractivity contribution < 1.29 is 8.78 Å². The third kappa shape index (κ3) is 3.62. The van der Waals surface area contributed by atoms with E-state index in [2.05, 4.69) is 26.1 Å². The Morgan fingerprint density at radius 2 is 1.84 bits per heavy atom. The van der Waals surface area contributed by atoms with Crippen LogP contribution in [0.25, 0.3) is 0 Å². The Bertz CT molecular complexity index is 475. The Labute approximate surface area is 118 Å². The van der Waals surface area contributed by atoms with Crippen molar-refractivity contribution in [2.24, 2.45) is 11.7 Å². The fourth-order valence-corrected chi connectivity index (χ4v) is 2.24. The molecular formula is C14H20F2N2S. The van der Waals surface area contributed by atoms with Crippen molar-refractivity contribution in [3.63, 3.8) is 0 Å². The zero-order valence-corrected chi connectivity index (χ0v) is 12.5. The van der Waals surface area contributed by atoms with Crippen molar-refractivity contribution in [2.45, 2.75) is 33.2 Å². The minimum absolute atomic E-state index is 0.0545. The van der Waals surface area contributed by atoms with Gasteiger partial charge in [-0.1, -0.05) is 26.1 Å². The van der Waals surface area contributed by atoms with Crippen LogP contribution in [0.5, 0.6) is 0 Å². The number of benzene rings is 1. The van der Waals surface area contributed by atoms with Gasteiger partial charge in [-0.05, 0) is 31.4 Å². The van der Waals surface area contributed by atoms with Crippen molar-refractivity contribution in [3.05, 3.63) is 29.3 Å². The van der Waals surface area contributed by atoms with Gasteiger partial charge in [0.2, 0.25) is 0 Å². The van der Waals surface area contributed by atoms with Gasteiger partial charge in [0.15, 0.2) is 11.6 Å². The molecule has 0 aromatic heterocycles. The van der Waals surface area contributed by atoms with Crippen LogP contribution in [0.15, 0.2) is 12.1 Å². The van der Waals surface area contributed by atoms with E-state index < -0.39 is 11.6 Å². The van der Waals surface area contributed by atoms with Gasteiger partial charge in [-0.3, -0.25) is 0 Å². The first-order valence-corrected chi connectivity index (χ1v) is 6.67. The molecule has 0 heterocycles. The average molecular weight is 286 g/mol. The van der Waals surface area contributed by atoms with E-state index in [0.717, 1.165) is 6.42 Å². The lowest BCUT2D eigenvalue weighted by Gasteiger charge is -2.29. The number of hydrogen-bond donors (Lipinski definition) is 1. The molecule has 0 amide bonds. The topological polar surface area (TPSA) is 29.3 Å². The van der Waals surface area contributed by atoms with E-state index in [1.165, 1.54) is 12.1 Å². The molecule has 106 valence electrons. The van der Waals surface area contributed by atoms with Crippen LogP contribution in [0.4, 0.5) is 14.5 Å². The molecule has 0 bridgehead atoms. The van der Waals surface area contributed by atoms with E-state index in [1.807, 2.05) is 6.92 Å². The maximum Gasteiger partial charge on any atom is 0.182 e. The zero-order valence-electron chi connectivity index (χ0n) is 11.7. The molecule has 0 saturated heterocycles. The van der Waals surface area contributed by atoms with Crippen LogP contribution in [0, 0.1) is 17.6 Å². The van der Waals surface area contributed by atoms with Crippen molar-refractivity contribution in [2.75, 3.05) is 11.9 Å². The first-order chi connectivity index (χ1) is 8.75. The van der Waals surface area contributed by atoms with Crippen LogP contribution in [-0.2, 0) is 0 Å². The second-order valence-electron chi connectivity index (χ2n) is 5.21. The summed E-state index contributed by atoms with van der Waals surface area (Å²) in [7, 11) is 1.76. The summed E-state index contributed by atoms with van der Waals surface area (Å²) in [4.78, 5) is 1.60. The van der Waals surface area contributed by atoms with Crippen LogP contribution in [0.1, 0.15) is 32.8 Å². The molecule has 0 radical (unpaired) electrons. The fourth-order valence-electron chi connectivity index (χ4n) is 2.08. The van der Waals surface area contributed by atoms with Gasteiger partial charge in [-0.2, -0.15) is 0 Å². The average Bonchev–Trinajstić information content (AvgIpc) is 2.30. The molecule has 5 heteroatoms. The SMILES string of the molecule is CC(C)CC(C)N(C)c1ccc(C(N)=S)c(F)c1F.